The lowest BCUT2D eigenvalue weighted by atomic mass is 10.1. The summed E-state index contributed by atoms with van der Waals surface area (Å²) in [5, 5.41) is 8.83. The van der Waals surface area contributed by atoms with Crippen LogP contribution in [0.15, 0.2) is 30.6 Å². The molecule has 0 N–H and O–H groups in total. The standard InChI is InChI=1S/C14H15FN4/c1-18(10-14-17-5-6-19(14)2)9-12-7-11(8-16)3-4-13(12)15/h3-7H,9-10H2,1-2H3. The Morgan fingerprint density at radius 1 is 1.42 bits per heavy atom. The van der Waals surface area contributed by atoms with Crippen molar-refractivity contribution >= 4 is 0 Å². The molecule has 0 saturated carbocycles. The molecule has 0 bridgehead atoms. The summed E-state index contributed by atoms with van der Waals surface area (Å²) >= 11 is 0. The molecule has 0 radical (unpaired) electrons. The van der Waals surface area contributed by atoms with Crippen LogP contribution >= 0.6 is 0 Å². The third-order valence-electron chi connectivity index (χ3n) is 2.95. The number of hydrogen-bond acceptors (Lipinski definition) is 3. The predicted octanol–water partition coefficient (Wildman–Crippen LogP) is 2.06. The molecule has 4 nitrogen and oxygen atoms in total. The molecule has 0 saturated heterocycles. The molecule has 1 heterocycles. The van der Waals surface area contributed by atoms with Crippen LogP contribution in [0.3, 0.4) is 0 Å². The first-order valence-corrected chi connectivity index (χ1v) is 5.93. The smallest absolute Gasteiger partial charge is 0.127 e. The Bertz CT molecular complexity index is 612. The van der Waals surface area contributed by atoms with Gasteiger partial charge < -0.3 is 4.57 Å². The highest BCUT2D eigenvalue weighted by Gasteiger charge is 2.09. The normalized spacial score (nSPS) is 10.7. The molecular formula is C14H15FN4. The van der Waals surface area contributed by atoms with Crippen molar-refractivity contribution < 1.29 is 4.39 Å². The van der Waals surface area contributed by atoms with E-state index in [9.17, 15) is 4.39 Å². The van der Waals surface area contributed by atoms with E-state index in [0.717, 1.165) is 5.82 Å². The van der Waals surface area contributed by atoms with E-state index in [-0.39, 0.29) is 5.82 Å². The van der Waals surface area contributed by atoms with Crippen LogP contribution in [0.5, 0.6) is 0 Å². The van der Waals surface area contributed by atoms with Crippen LogP contribution in [0.4, 0.5) is 4.39 Å². The topological polar surface area (TPSA) is 44.9 Å². The molecule has 0 spiro atoms. The van der Waals surface area contributed by atoms with Gasteiger partial charge in [-0.05, 0) is 25.2 Å². The lowest BCUT2D eigenvalue weighted by Gasteiger charge is -2.17. The fraction of sp³-hybridized carbons (Fsp3) is 0.286. The first-order valence-electron chi connectivity index (χ1n) is 5.93. The zero-order chi connectivity index (χ0) is 13.8. The Morgan fingerprint density at radius 2 is 2.21 bits per heavy atom. The lowest BCUT2D eigenvalue weighted by Crippen LogP contribution is -2.20. The molecule has 0 atom stereocenters. The quantitative estimate of drug-likeness (QED) is 0.843. The summed E-state index contributed by atoms with van der Waals surface area (Å²) in [6, 6.07) is 6.43. The maximum Gasteiger partial charge on any atom is 0.127 e. The fourth-order valence-corrected chi connectivity index (χ4v) is 1.90. The number of nitriles is 1. The van der Waals surface area contributed by atoms with E-state index in [0.29, 0.717) is 24.2 Å². The van der Waals surface area contributed by atoms with Gasteiger partial charge in [-0.25, -0.2) is 9.37 Å². The van der Waals surface area contributed by atoms with Crippen molar-refractivity contribution in [2.45, 2.75) is 13.1 Å². The number of rotatable bonds is 4. The van der Waals surface area contributed by atoms with Crippen molar-refractivity contribution in [1.82, 2.24) is 14.5 Å². The summed E-state index contributed by atoms with van der Waals surface area (Å²) in [7, 11) is 3.82. The van der Waals surface area contributed by atoms with Gasteiger partial charge in [0.1, 0.15) is 11.6 Å². The number of aryl methyl sites for hydroxylation is 1. The molecule has 0 fully saturated rings. The molecule has 98 valence electrons. The molecule has 2 aromatic rings. The molecule has 19 heavy (non-hydrogen) atoms. The highest BCUT2D eigenvalue weighted by atomic mass is 19.1. The van der Waals surface area contributed by atoms with Gasteiger partial charge in [0.2, 0.25) is 0 Å². The monoisotopic (exact) mass is 258 g/mol. The van der Waals surface area contributed by atoms with E-state index in [4.69, 9.17) is 5.26 Å². The van der Waals surface area contributed by atoms with E-state index >= 15 is 0 Å². The Kier molecular flexibility index (Phi) is 3.93. The summed E-state index contributed by atoms with van der Waals surface area (Å²) in [5.74, 6) is 0.630. The average Bonchev–Trinajstić information content (AvgIpc) is 2.78. The minimum absolute atomic E-state index is 0.286. The van der Waals surface area contributed by atoms with Crippen LogP contribution in [0.2, 0.25) is 0 Å². The van der Waals surface area contributed by atoms with Crippen LogP contribution in [-0.2, 0) is 20.1 Å². The molecule has 5 heteroatoms. The summed E-state index contributed by atoms with van der Waals surface area (Å²) < 4.78 is 15.6. The van der Waals surface area contributed by atoms with E-state index in [1.54, 1.807) is 12.3 Å². The Morgan fingerprint density at radius 3 is 2.84 bits per heavy atom. The van der Waals surface area contributed by atoms with Gasteiger partial charge in [-0.1, -0.05) is 0 Å². The zero-order valence-corrected chi connectivity index (χ0v) is 11.0. The molecule has 0 amide bonds. The number of nitrogens with zero attached hydrogens (tertiary/aromatic N) is 4. The van der Waals surface area contributed by atoms with Crippen molar-refractivity contribution in [1.29, 1.82) is 5.26 Å². The van der Waals surface area contributed by atoms with Crippen molar-refractivity contribution in [3.05, 3.63) is 53.4 Å². The van der Waals surface area contributed by atoms with E-state index in [1.807, 2.05) is 35.8 Å². The minimum atomic E-state index is -0.286. The maximum absolute atomic E-state index is 13.7. The molecular weight excluding hydrogens is 243 g/mol. The lowest BCUT2D eigenvalue weighted by molar-refractivity contribution is 0.302. The maximum atomic E-state index is 13.7. The number of halogens is 1. The van der Waals surface area contributed by atoms with Gasteiger partial charge in [-0.15, -0.1) is 0 Å². The second-order valence-electron chi connectivity index (χ2n) is 4.54. The molecule has 1 aromatic heterocycles. The first kappa shape index (κ1) is 13.2. The van der Waals surface area contributed by atoms with Gasteiger partial charge in [-0.3, -0.25) is 4.90 Å². The summed E-state index contributed by atoms with van der Waals surface area (Å²) in [4.78, 5) is 6.19. The van der Waals surface area contributed by atoms with Gasteiger partial charge >= 0.3 is 0 Å². The van der Waals surface area contributed by atoms with Crippen LogP contribution < -0.4 is 0 Å². The Labute approximate surface area is 111 Å². The highest BCUT2D eigenvalue weighted by molar-refractivity contribution is 5.33. The molecule has 0 unspecified atom stereocenters. The zero-order valence-electron chi connectivity index (χ0n) is 11.0. The molecule has 2 rings (SSSR count). The second-order valence-corrected chi connectivity index (χ2v) is 4.54. The Balaban J connectivity index is 2.09. The number of hydrogen-bond donors (Lipinski definition) is 0. The van der Waals surface area contributed by atoms with Gasteiger partial charge in [0.15, 0.2) is 0 Å². The van der Waals surface area contributed by atoms with Gasteiger partial charge in [0, 0.05) is 31.5 Å². The summed E-state index contributed by atoms with van der Waals surface area (Å²) in [5.41, 5.74) is 0.998. The average molecular weight is 258 g/mol. The van der Waals surface area contributed by atoms with Gasteiger partial charge in [-0.2, -0.15) is 5.26 Å². The number of imidazole rings is 1. The van der Waals surface area contributed by atoms with Crippen molar-refractivity contribution in [3.63, 3.8) is 0 Å². The number of benzene rings is 1. The van der Waals surface area contributed by atoms with E-state index in [1.165, 1.54) is 12.1 Å². The summed E-state index contributed by atoms with van der Waals surface area (Å²) in [6.07, 6.45) is 3.61. The molecule has 0 aliphatic heterocycles. The molecule has 1 aromatic carbocycles. The minimum Gasteiger partial charge on any atom is -0.337 e. The second kappa shape index (κ2) is 5.63. The van der Waals surface area contributed by atoms with Crippen LogP contribution in [0.1, 0.15) is 17.0 Å². The fourth-order valence-electron chi connectivity index (χ4n) is 1.90. The third-order valence-corrected chi connectivity index (χ3v) is 2.95. The Hall–Kier alpha value is -2.19. The molecule has 0 aliphatic rings. The van der Waals surface area contributed by atoms with Gasteiger partial charge in [0.25, 0.3) is 0 Å². The summed E-state index contributed by atoms with van der Waals surface area (Å²) in [6.45, 7) is 1.06. The van der Waals surface area contributed by atoms with E-state index in [2.05, 4.69) is 4.98 Å². The number of aromatic nitrogens is 2. The van der Waals surface area contributed by atoms with Crippen LogP contribution in [0, 0.1) is 17.1 Å². The predicted molar refractivity (Wildman–Crippen MR) is 69.5 cm³/mol. The third kappa shape index (κ3) is 3.18. The SMILES string of the molecule is CN(Cc1cc(C#N)ccc1F)Cc1nccn1C. The van der Waals surface area contributed by atoms with Crippen molar-refractivity contribution in [2.24, 2.45) is 7.05 Å². The van der Waals surface area contributed by atoms with Gasteiger partial charge in [0.05, 0.1) is 18.2 Å². The largest absolute Gasteiger partial charge is 0.337 e. The van der Waals surface area contributed by atoms with Crippen LogP contribution in [0.25, 0.3) is 0 Å². The highest BCUT2D eigenvalue weighted by Crippen LogP contribution is 2.13. The van der Waals surface area contributed by atoms with Crippen molar-refractivity contribution in [2.75, 3.05) is 7.05 Å². The van der Waals surface area contributed by atoms with Crippen LogP contribution in [-0.4, -0.2) is 21.5 Å². The van der Waals surface area contributed by atoms with E-state index < -0.39 is 0 Å². The van der Waals surface area contributed by atoms with Crippen molar-refractivity contribution in [3.8, 4) is 6.07 Å². The first-order chi connectivity index (χ1) is 9.10. The molecule has 0 aliphatic carbocycles.